The van der Waals surface area contributed by atoms with Gasteiger partial charge >= 0.3 is 5.97 Å². The third-order valence-corrected chi connectivity index (χ3v) is 12.4. The second-order valence-corrected chi connectivity index (χ2v) is 14.6. The summed E-state index contributed by atoms with van der Waals surface area (Å²) in [6.07, 6.45) is 28.0. The van der Waals surface area contributed by atoms with Crippen molar-refractivity contribution in [1.82, 2.24) is 0 Å². The fraction of sp³-hybridized carbons (Fsp3) is 0.893. The van der Waals surface area contributed by atoms with Crippen LogP contribution in [0.2, 0.25) is 0 Å². The Labute approximate surface area is 196 Å². The van der Waals surface area contributed by atoms with Crippen molar-refractivity contribution >= 4 is 13.2 Å². The molecule has 0 atom stereocenters. The molecule has 0 radical (unpaired) electrons. The first-order valence-electron chi connectivity index (χ1n) is 13.7. The van der Waals surface area contributed by atoms with Gasteiger partial charge in [-0.25, -0.2) is 4.79 Å². The Balaban J connectivity index is 3.24. The predicted octanol–water partition coefficient (Wildman–Crippen LogP) is 9.42. The fourth-order valence-electron chi connectivity index (χ4n) is 4.46. The van der Waals surface area contributed by atoms with Crippen molar-refractivity contribution in [2.45, 2.75) is 130 Å². The second-order valence-electron chi connectivity index (χ2n) is 9.59. The van der Waals surface area contributed by atoms with Crippen LogP contribution in [-0.4, -0.2) is 37.2 Å². The van der Waals surface area contributed by atoms with E-state index in [0.29, 0.717) is 12.2 Å². The molecule has 0 N–H and O–H groups in total. The van der Waals surface area contributed by atoms with Crippen molar-refractivity contribution in [3.63, 3.8) is 0 Å². The molecule has 0 spiro atoms. The molecule has 0 fully saturated rings. The van der Waals surface area contributed by atoms with Crippen LogP contribution < -0.4 is 0 Å². The Hall–Kier alpha value is -0.360. The highest BCUT2D eigenvalue weighted by atomic mass is 31.2. The maximum Gasteiger partial charge on any atom is 0.333 e. The van der Waals surface area contributed by atoms with Crippen LogP contribution in [0, 0.1) is 0 Å². The number of hydrogen-bond acceptors (Lipinski definition) is 2. The van der Waals surface area contributed by atoms with Gasteiger partial charge in [0.2, 0.25) is 0 Å². The Morgan fingerprint density at radius 3 is 1.26 bits per heavy atom. The van der Waals surface area contributed by atoms with Crippen molar-refractivity contribution in [2.24, 2.45) is 0 Å². The lowest BCUT2D eigenvalue weighted by molar-refractivity contribution is -0.139. The highest BCUT2D eigenvalue weighted by molar-refractivity contribution is 7.75. The summed E-state index contributed by atoms with van der Waals surface area (Å²) in [5.74, 6) is -0.251. The van der Waals surface area contributed by atoms with Crippen LogP contribution in [0.1, 0.15) is 130 Å². The minimum atomic E-state index is -0.555. The van der Waals surface area contributed by atoms with Crippen LogP contribution >= 0.6 is 7.26 Å². The maximum absolute atomic E-state index is 11.3. The van der Waals surface area contributed by atoms with Gasteiger partial charge in [0.15, 0.2) is 0 Å². The van der Waals surface area contributed by atoms with Gasteiger partial charge in [0.1, 0.15) is 0 Å². The third-order valence-electron chi connectivity index (χ3n) is 7.12. The highest BCUT2D eigenvalue weighted by Crippen LogP contribution is 2.58. The van der Waals surface area contributed by atoms with Gasteiger partial charge in [0, 0.05) is 12.8 Å². The second kappa shape index (κ2) is 21.5. The first-order valence-corrected chi connectivity index (χ1v) is 16.2. The van der Waals surface area contributed by atoms with Crippen molar-refractivity contribution in [2.75, 3.05) is 31.3 Å². The SMILES string of the molecule is C=C(C)C(=O)OCCCCCCCCCCCCCCCCCC[P+](CC)(CC)CC. The van der Waals surface area contributed by atoms with Crippen molar-refractivity contribution < 1.29 is 9.53 Å². The summed E-state index contributed by atoms with van der Waals surface area (Å²) in [5, 5.41) is 0. The molecule has 0 saturated heterocycles. The minimum absolute atomic E-state index is 0.251. The topological polar surface area (TPSA) is 26.3 Å². The number of unbranched alkanes of at least 4 members (excludes halogenated alkanes) is 15. The molecule has 0 bridgehead atoms. The van der Waals surface area contributed by atoms with E-state index in [4.69, 9.17) is 4.74 Å². The summed E-state index contributed by atoms with van der Waals surface area (Å²) < 4.78 is 5.12. The maximum atomic E-state index is 11.3. The molecule has 0 saturated carbocycles. The molecule has 0 aromatic rings. The van der Waals surface area contributed by atoms with Gasteiger partial charge in [0.05, 0.1) is 31.3 Å². The zero-order chi connectivity index (χ0) is 23.2. The fourth-order valence-corrected chi connectivity index (χ4v) is 7.64. The number of hydrogen-bond donors (Lipinski definition) is 0. The molecular formula is C28H56O2P+. The Morgan fingerprint density at radius 2 is 0.935 bits per heavy atom. The first kappa shape index (κ1) is 30.6. The largest absolute Gasteiger partial charge is 0.462 e. The number of esters is 1. The molecule has 0 heterocycles. The molecule has 0 aliphatic rings. The van der Waals surface area contributed by atoms with E-state index in [2.05, 4.69) is 27.4 Å². The van der Waals surface area contributed by atoms with E-state index in [0.717, 1.165) is 6.42 Å². The van der Waals surface area contributed by atoms with Gasteiger partial charge < -0.3 is 4.74 Å². The van der Waals surface area contributed by atoms with Crippen LogP contribution in [-0.2, 0) is 9.53 Å². The van der Waals surface area contributed by atoms with E-state index in [1.807, 2.05) is 0 Å². The summed E-state index contributed by atoms with van der Waals surface area (Å²) in [6.45, 7) is 13.1. The van der Waals surface area contributed by atoms with E-state index < -0.39 is 7.26 Å². The van der Waals surface area contributed by atoms with Crippen LogP contribution in [0.4, 0.5) is 0 Å². The Bertz CT molecular complexity index is 420. The van der Waals surface area contributed by atoms with Gasteiger partial charge in [-0.15, -0.1) is 0 Å². The van der Waals surface area contributed by atoms with E-state index in [9.17, 15) is 4.79 Å². The molecule has 0 aromatic heterocycles. The zero-order valence-corrected chi connectivity index (χ0v) is 22.7. The average molecular weight is 456 g/mol. The van der Waals surface area contributed by atoms with Crippen molar-refractivity contribution in [3.8, 4) is 0 Å². The molecule has 184 valence electrons. The van der Waals surface area contributed by atoms with Gasteiger partial charge in [0.25, 0.3) is 0 Å². The normalized spacial score (nSPS) is 11.6. The molecule has 0 aliphatic carbocycles. The summed E-state index contributed by atoms with van der Waals surface area (Å²) in [4.78, 5) is 11.3. The standard InChI is InChI=1S/C28H56O2P/c1-6-31(7-2,8-3)26-24-22-20-18-16-14-12-10-9-11-13-15-17-19-21-23-25-30-28(29)27(4)5/h4,6-26H2,1-3,5H3/q+1. The lowest BCUT2D eigenvalue weighted by Gasteiger charge is -2.23. The van der Waals surface area contributed by atoms with Crippen LogP contribution in [0.25, 0.3) is 0 Å². The molecule has 0 rings (SSSR count). The van der Waals surface area contributed by atoms with Gasteiger partial charge in [-0.2, -0.15) is 0 Å². The van der Waals surface area contributed by atoms with Gasteiger partial charge in [-0.05, 0) is 47.0 Å². The lowest BCUT2D eigenvalue weighted by Crippen LogP contribution is -2.07. The summed E-state index contributed by atoms with van der Waals surface area (Å²) >= 11 is 0. The lowest BCUT2D eigenvalue weighted by atomic mass is 10.0. The summed E-state index contributed by atoms with van der Waals surface area (Å²) in [6, 6.07) is 0. The van der Waals surface area contributed by atoms with Crippen LogP contribution in [0.5, 0.6) is 0 Å². The molecule has 0 unspecified atom stereocenters. The van der Waals surface area contributed by atoms with Gasteiger partial charge in [-0.3, -0.25) is 0 Å². The Morgan fingerprint density at radius 1 is 0.613 bits per heavy atom. The molecule has 31 heavy (non-hydrogen) atoms. The Kier molecular flexibility index (Phi) is 21.2. The monoisotopic (exact) mass is 455 g/mol. The summed E-state index contributed by atoms with van der Waals surface area (Å²) in [7, 11) is -0.555. The van der Waals surface area contributed by atoms with E-state index in [1.165, 1.54) is 115 Å². The molecular weight excluding hydrogens is 399 g/mol. The number of rotatable bonds is 23. The summed E-state index contributed by atoms with van der Waals surface area (Å²) in [5.41, 5.74) is 0.494. The predicted molar refractivity (Wildman–Crippen MR) is 143 cm³/mol. The first-order chi connectivity index (χ1) is 15.0. The molecule has 0 amide bonds. The zero-order valence-electron chi connectivity index (χ0n) is 21.8. The molecule has 0 aromatic carbocycles. The molecule has 3 heteroatoms. The van der Waals surface area contributed by atoms with Crippen molar-refractivity contribution in [1.29, 1.82) is 0 Å². The van der Waals surface area contributed by atoms with E-state index in [1.54, 1.807) is 13.1 Å². The molecule has 0 aliphatic heterocycles. The number of carbonyl (C=O) groups excluding carboxylic acids is 1. The van der Waals surface area contributed by atoms with E-state index >= 15 is 0 Å². The smallest absolute Gasteiger partial charge is 0.333 e. The number of ether oxygens (including phenoxy) is 1. The van der Waals surface area contributed by atoms with Crippen LogP contribution in [0.3, 0.4) is 0 Å². The number of carbonyl (C=O) groups is 1. The van der Waals surface area contributed by atoms with Crippen LogP contribution in [0.15, 0.2) is 12.2 Å². The molecule has 2 nitrogen and oxygen atoms in total. The third kappa shape index (κ3) is 17.8. The highest BCUT2D eigenvalue weighted by Gasteiger charge is 2.29. The minimum Gasteiger partial charge on any atom is -0.462 e. The van der Waals surface area contributed by atoms with Crippen molar-refractivity contribution in [3.05, 3.63) is 12.2 Å². The van der Waals surface area contributed by atoms with E-state index in [-0.39, 0.29) is 5.97 Å². The average Bonchev–Trinajstić information content (AvgIpc) is 2.78. The van der Waals surface area contributed by atoms with Gasteiger partial charge in [-0.1, -0.05) is 90.0 Å². The quantitative estimate of drug-likeness (QED) is 0.0663.